The fourth-order valence-corrected chi connectivity index (χ4v) is 20.5. The number of imidazole rings is 1. The minimum Gasteiger partial charge on any atom is -0.309 e. The highest BCUT2D eigenvalue weighted by Crippen LogP contribution is 2.49. The molecule has 14 heteroatoms. The van der Waals surface area contributed by atoms with E-state index in [1.54, 1.807) is 12.4 Å². The Morgan fingerprint density at radius 1 is 0.179 bits per heavy atom. The van der Waals surface area contributed by atoms with Crippen LogP contribution in [0.25, 0.3) is 229 Å². The molecule has 0 unspecified atom stereocenters. The van der Waals surface area contributed by atoms with Crippen molar-refractivity contribution in [3.63, 3.8) is 0 Å². The Bertz CT molecular complexity index is 8870. The molecule has 140 heavy (non-hydrogen) atoms. The van der Waals surface area contributed by atoms with Crippen LogP contribution in [-0.4, -0.2) is 67.5 Å². The maximum Gasteiger partial charge on any atom is 0.182 e. The molecule has 0 bridgehead atoms. The van der Waals surface area contributed by atoms with E-state index in [1.807, 2.05) is 60.8 Å². The fourth-order valence-electron chi connectivity index (χ4n) is 20.5. The topological polar surface area (TPSA) is 140 Å². The smallest absolute Gasteiger partial charge is 0.182 e. The zero-order valence-corrected chi connectivity index (χ0v) is 75.6. The molecule has 656 valence electrons. The molecular formula is C126H82N14. The number of fused-ring (bicyclic) bond motifs is 16. The summed E-state index contributed by atoms with van der Waals surface area (Å²) in [6.07, 6.45) is 7.57. The molecular weight excluding hydrogens is 1710 g/mol. The molecule has 17 aromatic carbocycles. The molecule has 27 aromatic rings. The van der Waals surface area contributed by atoms with E-state index in [0.717, 1.165) is 67.3 Å². The number of nitrogens with zero attached hydrogens (tertiary/aromatic N) is 14. The third-order valence-corrected chi connectivity index (χ3v) is 27.1. The van der Waals surface area contributed by atoms with Crippen LogP contribution < -0.4 is 0 Å². The molecule has 0 N–H and O–H groups in total. The molecule has 0 spiro atoms. The van der Waals surface area contributed by atoms with E-state index in [1.165, 1.54) is 132 Å². The van der Waals surface area contributed by atoms with Gasteiger partial charge in [0.2, 0.25) is 0 Å². The van der Waals surface area contributed by atoms with E-state index in [9.17, 15) is 0 Å². The number of para-hydroxylation sites is 8. The normalized spacial score (nSPS) is 11.8. The first-order valence-electron chi connectivity index (χ1n) is 47.1. The van der Waals surface area contributed by atoms with Crippen LogP contribution in [-0.2, 0) is 0 Å². The average Bonchev–Trinajstić information content (AvgIpc) is 1.58. The average molecular weight is 1790 g/mol. The number of hydrogen-bond acceptors (Lipinski definition) is 9. The Balaban J connectivity index is 0.000000114. The summed E-state index contributed by atoms with van der Waals surface area (Å²) in [4.78, 5) is 43.4. The van der Waals surface area contributed by atoms with Crippen LogP contribution in [0.5, 0.6) is 0 Å². The monoisotopic (exact) mass is 1790 g/mol. The van der Waals surface area contributed by atoms with Crippen molar-refractivity contribution in [3.8, 4) is 136 Å². The summed E-state index contributed by atoms with van der Waals surface area (Å²) < 4.78 is 11.4. The van der Waals surface area contributed by atoms with Crippen molar-refractivity contribution in [2.45, 2.75) is 5.92 Å². The Kier molecular flexibility index (Phi) is 20.3. The van der Waals surface area contributed by atoms with Gasteiger partial charge in [0.1, 0.15) is 17.0 Å². The number of aromatic nitrogens is 14. The molecule has 0 fully saturated rings. The van der Waals surface area contributed by atoms with E-state index >= 15 is 0 Å². The van der Waals surface area contributed by atoms with Crippen molar-refractivity contribution in [1.82, 2.24) is 67.5 Å². The third-order valence-electron chi connectivity index (χ3n) is 27.1. The molecule has 0 amide bonds. The lowest BCUT2D eigenvalue weighted by atomic mass is 9.89. The Morgan fingerprint density at radius 2 is 0.429 bits per heavy atom. The van der Waals surface area contributed by atoms with Gasteiger partial charge in [-0.25, -0.2) is 34.9 Å². The number of pyridine rings is 3. The predicted molar refractivity (Wildman–Crippen MR) is 570 cm³/mol. The summed E-state index contributed by atoms with van der Waals surface area (Å²) in [7, 11) is 0. The maximum absolute atomic E-state index is 5.18. The molecule has 1 aliphatic carbocycles. The molecule has 10 aromatic heterocycles. The highest BCUT2D eigenvalue weighted by molar-refractivity contribution is 6.13. The van der Waals surface area contributed by atoms with E-state index in [0.29, 0.717) is 46.3 Å². The van der Waals surface area contributed by atoms with Gasteiger partial charge in [-0.2, -0.15) is 0 Å². The summed E-state index contributed by atoms with van der Waals surface area (Å²) in [5.41, 5.74) is 33.3. The van der Waals surface area contributed by atoms with E-state index in [4.69, 9.17) is 29.9 Å². The van der Waals surface area contributed by atoms with Gasteiger partial charge in [-0.3, -0.25) is 9.97 Å². The van der Waals surface area contributed by atoms with Crippen molar-refractivity contribution in [1.29, 1.82) is 0 Å². The number of rotatable bonds is 14. The second-order valence-corrected chi connectivity index (χ2v) is 35.2. The second-order valence-electron chi connectivity index (χ2n) is 35.2. The molecule has 0 atom stereocenters. The Hall–Kier alpha value is -19.1. The van der Waals surface area contributed by atoms with Gasteiger partial charge in [0.05, 0.1) is 49.8 Å². The van der Waals surface area contributed by atoms with Crippen LogP contribution in [0.4, 0.5) is 0 Å². The first kappa shape index (κ1) is 81.7. The molecule has 0 aliphatic heterocycles. The van der Waals surface area contributed by atoms with E-state index < -0.39 is 0 Å². The standard InChI is InChI=1S/C58H37N5.C37H24N6.C31H21N3/c1-3-19-49-43(13-1)44-14-2-4-20-50(44)55(49)37-25-27-38(28-26-37)56-59-57(39-29-33-41(34-30-39)62-51-21-9-5-15-45(51)46-16-6-10-22-52(46)62)61-58(60-56)40-31-35-42(36-32-40)63-53-23-11-7-17-47(53)48-18-8-12-24-54(48)63;1-3-13-33-29(9-1)30-10-2-4-14-34(30)43(33)28-21-19-26(20-22-28)25-15-17-27(18-16-25)35-40-36(31-11-5-7-23-38-31)42-37(41-35)32-12-6-8-24-39-32;1-3-9-29-26(7-1)27-8-2-4-10-30(27)34(29)25-18-16-23(17-19-25)22-12-14-24(15-13-22)28-21-33-20-6-5-11-31(33)32-28/h1-36,55H;1-24H;1-21H. The Labute approximate surface area is 805 Å². The molecule has 10 heterocycles. The minimum atomic E-state index is 0.164. The maximum atomic E-state index is 5.18. The first-order chi connectivity index (χ1) is 69.4. The van der Waals surface area contributed by atoms with Gasteiger partial charge in [0, 0.05) is 124 Å². The summed E-state index contributed by atoms with van der Waals surface area (Å²) in [5.74, 6) is 3.64. The molecule has 1 aliphatic rings. The number of benzene rings is 17. The van der Waals surface area contributed by atoms with Gasteiger partial charge in [-0.05, 0) is 208 Å². The van der Waals surface area contributed by atoms with Crippen LogP contribution in [0.2, 0.25) is 0 Å². The number of hydrogen-bond donors (Lipinski definition) is 0. The summed E-state index contributed by atoms with van der Waals surface area (Å²) >= 11 is 0. The summed E-state index contributed by atoms with van der Waals surface area (Å²) in [5, 5.41) is 10.0. The van der Waals surface area contributed by atoms with Gasteiger partial charge in [-0.15, -0.1) is 0 Å². The lowest BCUT2D eigenvalue weighted by Gasteiger charge is -2.15. The largest absolute Gasteiger partial charge is 0.309 e. The predicted octanol–water partition coefficient (Wildman–Crippen LogP) is 30.4. The van der Waals surface area contributed by atoms with Gasteiger partial charge in [0.15, 0.2) is 34.9 Å². The van der Waals surface area contributed by atoms with Crippen LogP contribution >= 0.6 is 0 Å². The zero-order valence-electron chi connectivity index (χ0n) is 75.6. The molecule has 0 saturated heterocycles. The highest BCUT2D eigenvalue weighted by Gasteiger charge is 2.30. The fraction of sp³-hybridized carbons (Fsp3) is 0.00794. The third kappa shape index (κ3) is 14.7. The van der Waals surface area contributed by atoms with Crippen molar-refractivity contribution in [3.05, 3.63) is 509 Å². The molecule has 0 radical (unpaired) electrons. The van der Waals surface area contributed by atoms with Gasteiger partial charge in [0.25, 0.3) is 0 Å². The van der Waals surface area contributed by atoms with Crippen LogP contribution in [0, 0.1) is 0 Å². The molecule has 14 nitrogen and oxygen atoms in total. The van der Waals surface area contributed by atoms with Crippen molar-refractivity contribution in [2.24, 2.45) is 0 Å². The van der Waals surface area contributed by atoms with Gasteiger partial charge >= 0.3 is 0 Å². The van der Waals surface area contributed by atoms with Crippen molar-refractivity contribution < 1.29 is 0 Å². The SMILES string of the molecule is c1ccc(-c2nc(-c3ccc(-c4ccc(-n5c6ccccc6c6ccccc65)cc4)cc3)nc(-c3ccccn3)n2)nc1.c1ccc2c(c1)-c1ccccc1C2c1ccc(-c2nc(-c3ccc(-n4c5ccccc5c5ccccc54)cc3)nc(-c3ccc(-n4c5ccccc5c5ccccc54)cc3)n2)cc1.c1ccc2c(c1)c1ccccc1n2-c1ccc(-c2ccc(-c3cn4ccccc4n3)cc2)cc1. The lowest BCUT2D eigenvalue weighted by Crippen LogP contribution is -2.02. The summed E-state index contributed by atoms with van der Waals surface area (Å²) in [6, 6.07) is 164. The van der Waals surface area contributed by atoms with Crippen LogP contribution in [0.3, 0.4) is 0 Å². The quantitative estimate of drug-likeness (QED) is 0.104. The van der Waals surface area contributed by atoms with E-state index in [2.05, 4.69) is 456 Å². The van der Waals surface area contributed by atoms with Crippen LogP contribution in [0.15, 0.2) is 492 Å². The highest BCUT2D eigenvalue weighted by atomic mass is 15.1. The zero-order chi connectivity index (χ0) is 92.5. The second kappa shape index (κ2) is 34.8. The minimum absolute atomic E-state index is 0.164. The summed E-state index contributed by atoms with van der Waals surface area (Å²) in [6.45, 7) is 0. The van der Waals surface area contributed by atoms with E-state index in [-0.39, 0.29) is 5.92 Å². The van der Waals surface area contributed by atoms with Crippen molar-refractivity contribution in [2.75, 3.05) is 0 Å². The Morgan fingerprint density at radius 3 is 0.743 bits per heavy atom. The molecule has 28 rings (SSSR count). The van der Waals surface area contributed by atoms with Crippen molar-refractivity contribution >= 4 is 92.9 Å². The van der Waals surface area contributed by atoms with Gasteiger partial charge in [-0.1, -0.05) is 309 Å². The first-order valence-corrected chi connectivity index (χ1v) is 47.1. The molecule has 0 saturated carbocycles. The lowest BCUT2D eigenvalue weighted by molar-refractivity contribution is 1.01. The van der Waals surface area contributed by atoms with Crippen LogP contribution in [0.1, 0.15) is 22.6 Å². The van der Waals surface area contributed by atoms with Gasteiger partial charge < -0.3 is 22.7 Å².